The summed E-state index contributed by atoms with van der Waals surface area (Å²) in [4.78, 5) is 35.3. The number of carboxylic acid groups (broad SMARTS) is 1. The molecule has 2 fully saturated rings. The van der Waals surface area contributed by atoms with Crippen molar-refractivity contribution in [3.05, 3.63) is 35.4 Å². The first-order chi connectivity index (χ1) is 12.5. The maximum absolute atomic E-state index is 12.3. The molecule has 0 heterocycles. The minimum absolute atomic E-state index is 0.0400. The van der Waals surface area contributed by atoms with Crippen molar-refractivity contribution >= 4 is 17.8 Å². The summed E-state index contributed by atoms with van der Waals surface area (Å²) in [5, 5.41) is 14.8. The molecule has 2 saturated carbocycles. The van der Waals surface area contributed by atoms with Gasteiger partial charge in [0, 0.05) is 24.1 Å². The van der Waals surface area contributed by atoms with Crippen molar-refractivity contribution in [3.8, 4) is 0 Å². The van der Waals surface area contributed by atoms with Crippen LogP contribution in [0.1, 0.15) is 60.9 Å². The zero-order chi connectivity index (χ0) is 18.5. The minimum Gasteiger partial charge on any atom is -0.481 e. The molecule has 3 rings (SSSR count). The van der Waals surface area contributed by atoms with Crippen LogP contribution in [0.25, 0.3) is 0 Å². The number of amides is 2. The van der Waals surface area contributed by atoms with Gasteiger partial charge in [-0.25, -0.2) is 0 Å². The molecule has 0 unspecified atom stereocenters. The highest BCUT2D eigenvalue weighted by Gasteiger charge is 2.33. The first kappa shape index (κ1) is 18.4. The highest BCUT2D eigenvalue weighted by molar-refractivity contribution is 5.94. The van der Waals surface area contributed by atoms with E-state index in [0.717, 1.165) is 44.1 Å². The van der Waals surface area contributed by atoms with Gasteiger partial charge in [-0.2, -0.15) is 0 Å². The van der Waals surface area contributed by atoms with Crippen LogP contribution >= 0.6 is 0 Å². The third-order valence-electron chi connectivity index (χ3n) is 5.31. The van der Waals surface area contributed by atoms with Gasteiger partial charge in [0.25, 0.3) is 5.91 Å². The van der Waals surface area contributed by atoms with Crippen molar-refractivity contribution in [3.63, 3.8) is 0 Å². The third kappa shape index (κ3) is 5.07. The molecule has 1 aromatic rings. The van der Waals surface area contributed by atoms with Crippen molar-refractivity contribution in [2.45, 2.75) is 57.5 Å². The van der Waals surface area contributed by atoms with Crippen molar-refractivity contribution in [2.75, 3.05) is 0 Å². The Hall–Kier alpha value is -2.37. The molecule has 2 aliphatic rings. The zero-order valence-corrected chi connectivity index (χ0v) is 14.9. The van der Waals surface area contributed by atoms with E-state index >= 15 is 0 Å². The molecule has 6 nitrogen and oxygen atoms in total. The molecular formula is C20H26N2O4. The van der Waals surface area contributed by atoms with Gasteiger partial charge < -0.3 is 15.7 Å². The fourth-order valence-electron chi connectivity index (χ4n) is 3.57. The number of rotatable bonds is 8. The van der Waals surface area contributed by atoms with Crippen LogP contribution in [0.15, 0.2) is 24.3 Å². The van der Waals surface area contributed by atoms with E-state index in [1.54, 1.807) is 12.1 Å². The maximum Gasteiger partial charge on any atom is 0.305 e. The second kappa shape index (κ2) is 8.34. The number of aliphatic carboxylic acids is 1. The Morgan fingerprint density at radius 1 is 1.04 bits per heavy atom. The number of hydrogen-bond donors (Lipinski definition) is 3. The van der Waals surface area contributed by atoms with Crippen molar-refractivity contribution in [1.29, 1.82) is 0 Å². The lowest BCUT2D eigenvalue weighted by Gasteiger charge is -2.16. The van der Waals surface area contributed by atoms with Crippen LogP contribution in [-0.2, 0) is 16.1 Å². The lowest BCUT2D eigenvalue weighted by Crippen LogP contribution is -2.38. The summed E-state index contributed by atoms with van der Waals surface area (Å²) in [6.45, 7) is 0.459. The molecule has 6 heteroatoms. The summed E-state index contributed by atoms with van der Waals surface area (Å²) < 4.78 is 0. The fourth-order valence-corrected chi connectivity index (χ4v) is 3.57. The molecule has 0 aromatic heterocycles. The Kier molecular flexibility index (Phi) is 5.91. The van der Waals surface area contributed by atoms with Gasteiger partial charge in [0.05, 0.1) is 6.42 Å². The Bertz CT molecular complexity index is 661. The molecule has 0 radical (unpaired) electrons. The third-order valence-corrected chi connectivity index (χ3v) is 5.31. The zero-order valence-electron chi connectivity index (χ0n) is 14.9. The van der Waals surface area contributed by atoms with Crippen molar-refractivity contribution < 1.29 is 19.5 Å². The molecule has 0 aliphatic heterocycles. The molecule has 140 valence electrons. The minimum atomic E-state index is -0.893. The summed E-state index contributed by atoms with van der Waals surface area (Å²) >= 11 is 0. The topological polar surface area (TPSA) is 95.5 Å². The Balaban J connectivity index is 1.50. The Labute approximate surface area is 153 Å². The van der Waals surface area contributed by atoms with Crippen LogP contribution in [-0.4, -0.2) is 28.9 Å². The summed E-state index contributed by atoms with van der Waals surface area (Å²) in [6.07, 6.45) is 6.11. The van der Waals surface area contributed by atoms with Crippen LogP contribution in [0, 0.1) is 11.8 Å². The average molecular weight is 358 g/mol. The first-order valence-corrected chi connectivity index (χ1v) is 9.42. The highest BCUT2D eigenvalue weighted by atomic mass is 16.4. The average Bonchev–Trinajstić information content (AvgIpc) is 3.33. The van der Waals surface area contributed by atoms with Crippen LogP contribution < -0.4 is 10.6 Å². The van der Waals surface area contributed by atoms with Gasteiger partial charge in [-0.05, 0) is 49.3 Å². The number of carbonyl (C=O) groups excluding carboxylic acids is 2. The van der Waals surface area contributed by atoms with Gasteiger partial charge in [0.2, 0.25) is 5.91 Å². The number of hydrogen-bond acceptors (Lipinski definition) is 3. The van der Waals surface area contributed by atoms with E-state index in [4.69, 9.17) is 5.11 Å². The van der Waals surface area contributed by atoms with Crippen LogP contribution in [0.4, 0.5) is 0 Å². The molecule has 3 N–H and O–H groups in total. The predicted octanol–water partition coefficient (Wildman–Crippen LogP) is 2.48. The van der Waals surface area contributed by atoms with E-state index in [-0.39, 0.29) is 36.1 Å². The molecule has 26 heavy (non-hydrogen) atoms. The molecule has 1 atom stereocenters. The number of carboxylic acids is 1. The fraction of sp³-hybridized carbons (Fsp3) is 0.550. The molecule has 0 spiro atoms. The largest absolute Gasteiger partial charge is 0.481 e. The summed E-state index contributed by atoms with van der Waals surface area (Å²) in [5.74, 6) is -0.598. The molecule has 2 amide bonds. The van der Waals surface area contributed by atoms with Crippen LogP contribution in [0.5, 0.6) is 0 Å². The molecule has 0 bridgehead atoms. The Morgan fingerprint density at radius 3 is 2.27 bits per heavy atom. The quantitative estimate of drug-likeness (QED) is 0.665. The molecule has 1 aromatic carbocycles. The number of carbonyl (C=O) groups is 3. The SMILES string of the molecule is O=C(O)C[C@@H](NC(=O)c1ccc(CNC(=O)C2CCCC2)cc1)C1CC1. The maximum atomic E-state index is 12.3. The second-order valence-corrected chi connectivity index (χ2v) is 7.41. The van der Waals surface area contributed by atoms with Gasteiger partial charge in [0.1, 0.15) is 0 Å². The molecule has 0 saturated heterocycles. The van der Waals surface area contributed by atoms with Crippen LogP contribution in [0.3, 0.4) is 0 Å². The first-order valence-electron chi connectivity index (χ1n) is 9.42. The van der Waals surface area contributed by atoms with E-state index in [0.29, 0.717) is 12.1 Å². The monoisotopic (exact) mass is 358 g/mol. The molecule has 2 aliphatic carbocycles. The predicted molar refractivity (Wildman–Crippen MR) is 96.5 cm³/mol. The van der Waals surface area contributed by atoms with Gasteiger partial charge in [0.15, 0.2) is 0 Å². The Morgan fingerprint density at radius 2 is 1.69 bits per heavy atom. The molecular weight excluding hydrogens is 332 g/mol. The van der Waals surface area contributed by atoms with Crippen molar-refractivity contribution in [1.82, 2.24) is 10.6 Å². The second-order valence-electron chi connectivity index (χ2n) is 7.41. The van der Waals surface area contributed by atoms with Gasteiger partial charge in [-0.15, -0.1) is 0 Å². The van der Waals surface area contributed by atoms with E-state index < -0.39 is 5.97 Å². The van der Waals surface area contributed by atoms with Gasteiger partial charge in [-0.1, -0.05) is 25.0 Å². The van der Waals surface area contributed by atoms with E-state index in [1.165, 1.54) is 0 Å². The van der Waals surface area contributed by atoms with E-state index in [1.807, 2.05) is 12.1 Å². The number of nitrogens with one attached hydrogen (secondary N) is 2. The lowest BCUT2D eigenvalue weighted by atomic mass is 10.1. The summed E-state index contributed by atoms with van der Waals surface area (Å²) in [5.41, 5.74) is 1.45. The normalized spacial score (nSPS) is 18.3. The van der Waals surface area contributed by atoms with E-state index in [9.17, 15) is 14.4 Å². The van der Waals surface area contributed by atoms with Gasteiger partial charge in [-0.3, -0.25) is 14.4 Å². The standard InChI is InChI=1S/C20H26N2O4/c23-18(24)11-17(14-9-10-14)22-20(26)16-7-5-13(6-8-16)12-21-19(25)15-3-1-2-4-15/h5-8,14-15,17H,1-4,9-12H2,(H,21,25)(H,22,26)(H,23,24)/t17-/m1/s1. The lowest BCUT2D eigenvalue weighted by molar-refractivity contribution is -0.137. The summed E-state index contributed by atoms with van der Waals surface area (Å²) in [6, 6.07) is 6.79. The smallest absolute Gasteiger partial charge is 0.305 e. The van der Waals surface area contributed by atoms with Crippen LogP contribution in [0.2, 0.25) is 0 Å². The number of benzene rings is 1. The highest BCUT2D eigenvalue weighted by Crippen LogP contribution is 2.34. The van der Waals surface area contributed by atoms with Gasteiger partial charge >= 0.3 is 5.97 Å². The van der Waals surface area contributed by atoms with E-state index in [2.05, 4.69) is 10.6 Å². The van der Waals surface area contributed by atoms with Crippen molar-refractivity contribution in [2.24, 2.45) is 11.8 Å². The summed E-state index contributed by atoms with van der Waals surface area (Å²) in [7, 11) is 0.